The number of pyridine rings is 1. The maximum Gasteiger partial charge on any atom is 0.303 e. The van der Waals surface area contributed by atoms with Crippen molar-refractivity contribution in [1.82, 2.24) is 10.3 Å². The average Bonchev–Trinajstić information content (AvgIpc) is 2.42. The van der Waals surface area contributed by atoms with Crippen LogP contribution in [0, 0.1) is 17.7 Å². The van der Waals surface area contributed by atoms with E-state index in [-0.39, 0.29) is 17.9 Å². The van der Waals surface area contributed by atoms with E-state index in [0.29, 0.717) is 25.3 Å². The molecule has 1 aromatic heterocycles. The van der Waals surface area contributed by atoms with E-state index in [4.69, 9.17) is 5.11 Å². The van der Waals surface area contributed by atoms with Crippen LogP contribution in [0.15, 0.2) is 18.5 Å². The number of carbonyl (C=O) groups excluding carboxylic acids is 1. The van der Waals surface area contributed by atoms with Crippen molar-refractivity contribution in [3.63, 3.8) is 0 Å². The predicted molar refractivity (Wildman–Crippen MR) is 76.3 cm³/mol. The number of hydrogen-bond acceptors (Lipinski definition) is 3. The van der Waals surface area contributed by atoms with Gasteiger partial charge in [0.05, 0.1) is 11.8 Å². The van der Waals surface area contributed by atoms with E-state index in [1.54, 1.807) is 0 Å². The van der Waals surface area contributed by atoms with Crippen LogP contribution in [-0.4, -0.2) is 28.5 Å². The summed E-state index contributed by atoms with van der Waals surface area (Å²) >= 11 is 0. The molecule has 0 aliphatic rings. The van der Waals surface area contributed by atoms with Gasteiger partial charge in [-0.3, -0.25) is 14.6 Å². The number of carboxylic acid groups (broad SMARTS) is 1. The lowest BCUT2D eigenvalue weighted by molar-refractivity contribution is -0.137. The Kier molecular flexibility index (Phi) is 6.78. The number of amides is 1. The van der Waals surface area contributed by atoms with Crippen LogP contribution in [0.1, 0.15) is 43.5 Å². The summed E-state index contributed by atoms with van der Waals surface area (Å²) in [7, 11) is 0. The summed E-state index contributed by atoms with van der Waals surface area (Å²) in [6.07, 6.45) is 3.73. The largest absolute Gasteiger partial charge is 0.481 e. The smallest absolute Gasteiger partial charge is 0.303 e. The molecule has 1 rings (SSSR count). The van der Waals surface area contributed by atoms with E-state index in [2.05, 4.69) is 10.3 Å². The van der Waals surface area contributed by atoms with Gasteiger partial charge >= 0.3 is 5.97 Å². The van der Waals surface area contributed by atoms with Crippen molar-refractivity contribution in [1.29, 1.82) is 0 Å². The van der Waals surface area contributed by atoms with E-state index in [9.17, 15) is 14.0 Å². The van der Waals surface area contributed by atoms with Gasteiger partial charge in [0.15, 0.2) is 5.82 Å². The van der Waals surface area contributed by atoms with Crippen LogP contribution in [0.3, 0.4) is 0 Å². The lowest BCUT2D eigenvalue weighted by Crippen LogP contribution is -2.28. The van der Waals surface area contributed by atoms with Gasteiger partial charge in [-0.25, -0.2) is 4.39 Å². The Balaban J connectivity index is 2.45. The molecule has 1 heterocycles. The Morgan fingerprint density at radius 1 is 1.38 bits per heavy atom. The molecule has 1 aromatic rings. The summed E-state index contributed by atoms with van der Waals surface area (Å²) in [6, 6.07) is 1.33. The van der Waals surface area contributed by atoms with Crippen molar-refractivity contribution >= 4 is 11.9 Å². The molecule has 0 saturated carbocycles. The highest BCUT2D eigenvalue weighted by molar-refractivity contribution is 5.94. The van der Waals surface area contributed by atoms with Crippen LogP contribution in [0.4, 0.5) is 4.39 Å². The summed E-state index contributed by atoms with van der Waals surface area (Å²) in [4.78, 5) is 26.0. The first-order valence-electron chi connectivity index (χ1n) is 7.01. The first kappa shape index (κ1) is 17.1. The minimum Gasteiger partial charge on any atom is -0.481 e. The standard InChI is InChI=1S/C15H21FN2O3/c1-10(2)11(3-4-14(19)20)5-8-18-15(21)12-6-7-17-9-13(12)16/h6-7,9-11H,3-5,8H2,1-2H3,(H,18,21)(H,19,20). The van der Waals surface area contributed by atoms with Gasteiger partial charge in [0.2, 0.25) is 0 Å². The second-order valence-corrected chi connectivity index (χ2v) is 5.34. The third kappa shape index (κ3) is 5.89. The lowest BCUT2D eigenvalue weighted by atomic mass is 9.88. The molecule has 1 atom stereocenters. The van der Waals surface area contributed by atoms with Crippen LogP contribution in [0.2, 0.25) is 0 Å². The SMILES string of the molecule is CC(C)C(CCNC(=O)c1ccncc1F)CCC(=O)O. The first-order valence-corrected chi connectivity index (χ1v) is 7.01. The normalized spacial score (nSPS) is 12.2. The molecule has 6 heteroatoms. The Bertz CT molecular complexity index is 492. The Morgan fingerprint density at radius 2 is 2.10 bits per heavy atom. The molecule has 0 bridgehead atoms. The maximum atomic E-state index is 13.4. The van der Waals surface area contributed by atoms with Crippen molar-refractivity contribution in [3.05, 3.63) is 29.8 Å². The van der Waals surface area contributed by atoms with Crippen molar-refractivity contribution in [2.75, 3.05) is 6.54 Å². The number of carboxylic acids is 1. The second-order valence-electron chi connectivity index (χ2n) is 5.34. The molecule has 116 valence electrons. The fourth-order valence-corrected chi connectivity index (χ4v) is 2.15. The molecule has 0 spiro atoms. The maximum absolute atomic E-state index is 13.4. The van der Waals surface area contributed by atoms with Gasteiger partial charge in [-0.15, -0.1) is 0 Å². The molecule has 0 saturated heterocycles. The molecule has 21 heavy (non-hydrogen) atoms. The Morgan fingerprint density at radius 3 is 2.67 bits per heavy atom. The van der Waals surface area contributed by atoms with Crippen LogP contribution in [-0.2, 0) is 4.79 Å². The van der Waals surface area contributed by atoms with Crippen LogP contribution in [0.5, 0.6) is 0 Å². The summed E-state index contributed by atoms with van der Waals surface area (Å²) in [5, 5.41) is 11.4. The van der Waals surface area contributed by atoms with Crippen LogP contribution in [0.25, 0.3) is 0 Å². The van der Waals surface area contributed by atoms with E-state index in [1.165, 1.54) is 12.3 Å². The van der Waals surface area contributed by atoms with Gasteiger partial charge in [0, 0.05) is 19.2 Å². The minimum absolute atomic E-state index is 0.0309. The quantitative estimate of drug-likeness (QED) is 0.772. The number of aliphatic carboxylic acids is 1. The number of aromatic nitrogens is 1. The summed E-state index contributed by atoms with van der Waals surface area (Å²) in [6.45, 7) is 4.44. The van der Waals surface area contributed by atoms with E-state index >= 15 is 0 Å². The number of carbonyl (C=O) groups is 2. The summed E-state index contributed by atoms with van der Waals surface area (Å²) < 4.78 is 13.4. The lowest BCUT2D eigenvalue weighted by Gasteiger charge is -2.20. The topological polar surface area (TPSA) is 79.3 Å². The van der Waals surface area contributed by atoms with E-state index in [1.807, 2.05) is 13.8 Å². The zero-order valence-corrected chi connectivity index (χ0v) is 12.3. The average molecular weight is 296 g/mol. The fraction of sp³-hybridized carbons (Fsp3) is 0.533. The van der Waals surface area contributed by atoms with Crippen molar-refractivity contribution < 1.29 is 19.1 Å². The molecule has 0 radical (unpaired) electrons. The zero-order valence-electron chi connectivity index (χ0n) is 12.3. The number of hydrogen-bond donors (Lipinski definition) is 2. The molecule has 1 unspecified atom stereocenters. The molecule has 5 nitrogen and oxygen atoms in total. The molecule has 0 aliphatic carbocycles. The number of nitrogens with zero attached hydrogens (tertiary/aromatic N) is 1. The van der Waals surface area contributed by atoms with Crippen LogP contribution >= 0.6 is 0 Å². The third-order valence-electron chi connectivity index (χ3n) is 3.49. The summed E-state index contributed by atoms with van der Waals surface area (Å²) in [5.41, 5.74) is -0.0309. The number of rotatable bonds is 8. The van der Waals surface area contributed by atoms with Crippen LogP contribution < -0.4 is 5.32 Å². The predicted octanol–water partition coefficient (Wildman–Crippen LogP) is 2.48. The monoisotopic (exact) mass is 296 g/mol. The second kappa shape index (κ2) is 8.34. The van der Waals surface area contributed by atoms with Gasteiger partial charge in [0.1, 0.15) is 0 Å². The number of halogens is 1. The minimum atomic E-state index is -0.816. The number of nitrogens with one attached hydrogen (secondary N) is 1. The van der Waals surface area contributed by atoms with Crippen molar-refractivity contribution in [3.8, 4) is 0 Å². The molecular formula is C15H21FN2O3. The summed E-state index contributed by atoms with van der Waals surface area (Å²) in [5.74, 6) is -1.40. The zero-order chi connectivity index (χ0) is 15.8. The van der Waals surface area contributed by atoms with Gasteiger partial charge in [-0.1, -0.05) is 13.8 Å². The highest BCUT2D eigenvalue weighted by Crippen LogP contribution is 2.20. The van der Waals surface area contributed by atoms with Crippen molar-refractivity contribution in [2.24, 2.45) is 11.8 Å². The molecule has 0 fully saturated rings. The molecule has 1 amide bonds. The fourth-order valence-electron chi connectivity index (χ4n) is 2.15. The van der Waals surface area contributed by atoms with Crippen molar-refractivity contribution in [2.45, 2.75) is 33.1 Å². The van der Waals surface area contributed by atoms with E-state index in [0.717, 1.165) is 6.20 Å². The Labute approximate surface area is 123 Å². The van der Waals surface area contributed by atoms with Gasteiger partial charge in [0.25, 0.3) is 5.91 Å². The van der Waals surface area contributed by atoms with E-state index < -0.39 is 17.7 Å². The molecule has 0 aliphatic heterocycles. The highest BCUT2D eigenvalue weighted by Gasteiger charge is 2.16. The van der Waals surface area contributed by atoms with Gasteiger partial charge in [-0.2, -0.15) is 0 Å². The van der Waals surface area contributed by atoms with Gasteiger partial charge < -0.3 is 10.4 Å². The molecule has 2 N–H and O–H groups in total. The highest BCUT2D eigenvalue weighted by atomic mass is 19.1. The Hall–Kier alpha value is -1.98. The third-order valence-corrected chi connectivity index (χ3v) is 3.49. The first-order chi connectivity index (χ1) is 9.91. The van der Waals surface area contributed by atoms with Gasteiger partial charge in [-0.05, 0) is 30.7 Å². The molecule has 0 aromatic carbocycles. The molecular weight excluding hydrogens is 275 g/mol.